The van der Waals surface area contributed by atoms with Crippen LogP contribution >= 0.6 is 35.0 Å². The van der Waals surface area contributed by atoms with Gasteiger partial charge in [0, 0.05) is 21.2 Å². The molecule has 0 N–H and O–H groups in total. The average molecular weight is 539 g/mol. The van der Waals surface area contributed by atoms with Gasteiger partial charge in [0.2, 0.25) is 0 Å². The fourth-order valence-electron chi connectivity index (χ4n) is 3.54. The monoisotopic (exact) mass is 538 g/mol. The van der Waals surface area contributed by atoms with Gasteiger partial charge in [0.15, 0.2) is 11.5 Å². The Balaban J connectivity index is 1.54. The zero-order valence-corrected chi connectivity index (χ0v) is 21.5. The summed E-state index contributed by atoms with van der Waals surface area (Å²) in [6.07, 6.45) is 1.64. The highest BCUT2D eigenvalue weighted by Gasteiger charge is 2.35. The number of thioether (sulfide) groups is 1. The van der Waals surface area contributed by atoms with Crippen molar-refractivity contribution >= 4 is 52.2 Å². The first-order valence-corrected chi connectivity index (χ1v) is 12.5. The molecule has 36 heavy (non-hydrogen) atoms. The summed E-state index contributed by atoms with van der Waals surface area (Å²) >= 11 is 13.3. The third kappa shape index (κ3) is 5.68. The number of halogens is 2. The van der Waals surface area contributed by atoms with Gasteiger partial charge >= 0.3 is 0 Å². The van der Waals surface area contributed by atoms with Crippen LogP contribution in [0.2, 0.25) is 10.0 Å². The molecule has 1 saturated heterocycles. The second kappa shape index (κ2) is 11.5. The van der Waals surface area contributed by atoms with Crippen LogP contribution in [0.4, 0.5) is 4.79 Å². The number of ether oxygens (including phenoxy) is 2. The van der Waals surface area contributed by atoms with Crippen LogP contribution in [-0.2, 0) is 17.9 Å². The summed E-state index contributed by atoms with van der Waals surface area (Å²) in [6, 6.07) is 19.6. The number of hydrogen-bond donors (Lipinski definition) is 0. The van der Waals surface area contributed by atoms with Crippen molar-refractivity contribution in [2.24, 2.45) is 0 Å². The van der Waals surface area contributed by atoms with Crippen molar-refractivity contribution in [3.8, 4) is 17.6 Å². The van der Waals surface area contributed by atoms with E-state index in [9.17, 15) is 14.9 Å². The van der Waals surface area contributed by atoms with E-state index >= 15 is 0 Å². The van der Waals surface area contributed by atoms with E-state index in [2.05, 4.69) is 6.07 Å². The molecule has 0 saturated carbocycles. The SMILES string of the molecule is CCOc1cc(/C=C2/SC(=O)N(Cc3c(Cl)cccc3Cl)C2=O)ccc1OCc1ccccc1C#N. The number of carbonyl (C=O) groups is 2. The van der Waals surface area contributed by atoms with Gasteiger partial charge in [-0.1, -0.05) is 53.5 Å². The van der Waals surface area contributed by atoms with Crippen LogP contribution in [0.1, 0.15) is 29.2 Å². The number of carbonyl (C=O) groups excluding carboxylic acids is 2. The van der Waals surface area contributed by atoms with Crippen molar-refractivity contribution in [2.45, 2.75) is 20.1 Å². The van der Waals surface area contributed by atoms with Crippen LogP contribution < -0.4 is 9.47 Å². The van der Waals surface area contributed by atoms with Gasteiger partial charge in [-0.15, -0.1) is 0 Å². The fraction of sp³-hybridized carbons (Fsp3) is 0.148. The summed E-state index contributed by atoms with van der Waals surface area (Å²) in [5, 5.41) is 9.67. The van der Waals surface area contributed by atoms with Crippen LogP contribution in [0.3, 0.4) is 0 Å². The number of nitrogens with zero attached hydrogens (tertiary/aromatic N) is 2. The smallest absolute Gasteiger partial charge is 0.293 e. The Kier molecular flexibility index (Phi) is 8.21. The van der Waals surface area contributed by atoms with E-state index in [-0.39, 0.29) is 18.1 Å². The molecular weight excluding hydrogens is 519 g/mol. The summed E-state index contributed by atoms with van der Waals surface area (Å²) in [7, 11) is 0. The molecule has 6 nitrogen and oxygen atoms in total. The van der Waals surface area contributed by atoms with Gasteiger partial charge in [0.05, 0.1) is 29.7 Å². The number of benzene rings is 3. The molecule has 3 aromatic rings. The summed E-state index contributed by atoms with van der Waals surface area (Å²) < 4.78 is 11.7. The summed E-state index contributed by atoms with van der Waals surface area (Å²) in [5.41, 5.74) is 2.49. The van der Waals surface area contributed by atoms with Crippen LogP contribution in [0.25, 0.3) is 6.08 Å². The molecule has 0 aliphatic carbocycles. The van der Waals surface area contributed by atoms with E-state index in [1.807, 2.05) is 19.1 Å². The minimum absolute atomic E-state index is 0.0122. The Bertz CT molecular complexity index is 1380. The van der Waals surface area contributed by atoms with Crippen molar-refractivity contribution in [3.05, 3.63) is 97.9 Å². The van der Waals surface area contributed by atoms with Gasteiger partial charge in [0.25, 0.3) is 11.1 Å². The van der Waals surface area contributed by atoms with E-state index in [1.54, 1.807) is 54.6 Å². The molecule has 4 rings (SSSR count). The van der Waals surface area contributed by atoms with Gasteiger partial charge in [-0.25, -0.2) is 0 Å². The number of nitriles is 1. The van der Waals surface area contributed by atoms with Crippen LogP contribution in [0.5, 0.6) is 11.5 Å². The quantitative estimate of drug-likeness (QED) is 0.285. The summed E-state index contributed by atoms with van der Waals surface area (Å²) in [5.74, 6) is 0.568. The largest absolute Gasteiger partial charge is 0.490 e. The summed E-state index contributed by atoms with van der Waals surface area (Å²) in [4.78, 5) is 27.0. The van der Waals surface area contributed by atoms with Gasteiger partial charge in [-0.3, -0.25) is 14.5 Å². The maximum Gasteiger partial charge on any atom is 0.293 e. The van der Waals surface area contributed by atoms with Gasteiger partial charge < -0.3 is 9.47 Å². The lowest BCUT2D eigenvalue weighted by Crippen LogP contribution is -2.27. The zero-order valence-electron chi connectivity index (χ0n) is 19.2. The number of imide groups is 1. The predicted octanol–water partition coefficient (Wildman–Crippen LogP) is 7.08. The lowest BCUT2D eigenvalue weighted by Gasteiger charge is -2.15. The zero-order chi connectivity index (χ0) is 25.7. The Morgan fingerprint density at radius 2 is 1.75 bits per heavy atom. The fourth-order valence-corrected chi connectivity index (χ4v) is 4.90. The van der Waals surface area contributed by atoms with E-state index < -0.39 is 11.1 Å². The third-order valence-corrected chi connectivity index (χ3v) is 6.95. The van der Waals surface area contributed by atoms with Gasteiger partial charge in [-0.2, -0.15) is 5.26 Å². The Hall–Kier alpha value is -3.44. The molecule has 2 amide bonds. The first-order valence-electron chi connectivity index (χ1n) is 11.0. The van der Waals surface area contributed by atoms with E-state index in [0.717, 1.165) is 22.2 Å². The van der Waals surface area contributed by atoms with Crippen LogP contribution in [-0.4, -0.2) is 22.7 Å². The van der Waals surface area contributed by atoms with Crippen LogP contribution in [0, 0.1) is 11.3 Å². The molecule has 3 aromatic carbocycles. The molecule has 1 aliphatic rings. The van der Waals surface area contributed by atoms with E-state index in [1.165, 1.54) is 0 Å². The maximum atomic E-state index is 13.0. The molecular formula is C27H20Cl2N2O4S. The number of rotatable bonds is 8. The molecule has 9 heteroatoms. The number of hydrogen-bond acceptors (Lipinski definition) is 6. The molecule has 182 valence electrons. The highest BCUT2D eigenvalue weighted by atomic mass is 35.5. The van der Waals surface area contributed by atoms with Crippen molar-refractivity contribution in [3.63, 3.8) is 0 Å². The van der Waals surface area contributed by atoms with Crippen LogP contribution in [0.15, 0.2) is 65.6 Å². The molecule has 1 aliphatic heterocycles. The van der Waals surface area contributed by atoms with Gasteiger partial charge in [-0.05, 0) is 60.7 Å². The topological polar surface area (TPSA) is 79.6 Å². The standard InChI is InChI=1S/C27H20Cl2N2O4S/c1-2-34-24-12-17(10-11-23(24)35-16-19-7-4-3-6-18(19)14-30)13-25-26(32)31(27(33)36-25)15-20-21(28)8-5-9-22(20)29/h3-13H,2,15-16H2,1H3/b25-13+. The maximum absolute atomic E-state index is 13.0. The van der Waals surface area contributed by atoms with Crippen molar-refractivity contribution in [1.29, 1.82) is 5.26 Å². The molecule has 1 heterocycles. The highest BCUT2D eigenvalue weighted by Crippen LogP contribution is 2.37. The third-order valence-electron chi connectivity index (χ3n) is 5.34. The molecule has 1 fully saturated rings. The number of amides is 2. The lowest BCUT2D eigenvalue weighted by atomic mass is 10.1. The first kappa shape index (κ1) is 25.6. The van der Waals surface area contributed by atoms with Crippen molar-refractivity contribution in [2.75, 3.05) is 6.61 Å². The van der Waals surface area contributed by atoms with Gasteiger partial charge in [0.1, 0.15) is 6.61 Å². The molecule has 0 aromatic heterocycles. The van der Waals surface area contributed by atoms with E-state index in [0.29, 0.717) is 44.8 Å². The molecule has 0 unspecified atom stereocenters. The minimum Gasteiger partial charge on any atom is -0.490 e. The second-order valence-corrected chi connectivity index (χ2v) is 9.47. The Labute approximate surface area is 223 Å². The van der Waals surface area contributed by atoms with Crippen molar-refractivity contribution in [1.82, 2.24) is 4.90 Å². The van der Waals surface area contributed by atoms with Crippen molar-refractivity contribution < 1.29 is 19.1 Å². The van der Waals surface area contributed by atoms with E-state index in [4.69, 9.17) is 32.7 Å². The first-order chi connectivity index (χ1) is 17.4. The molecule has 0 atom stereocenters. The highest BCUT2D eigenvalue weighted by molar-refractivity contribution is 8.18. The lowest BCUT2D eigenvalue weighted by molar-refractivity contribution is -0.123. The normalized spacial score (nSPS) is 14.3. The second-order valence-electron chi connectivity index (χ2n) is 7.66. The molecule has 0 radical (unpaired) electrons. The molecule has 0 spiro atoms. The minimum atomic E-state index is -0.424. The molecule has 0 bridgehead atoms. The predicted molar refractivity (Wildman–Crippen MR) is 141 cm³/mol. The Morgan fingerprint density at radius 3 is 2.47 bits per heavy atom. The average Bonchev–Trinajstić information content (AvgIpc) is 3.13. The Morgan fingerprint density at radius 1 is 1.00 bits per heavy atom. The summed E-state index contributed by atoms with van der Waals surface area (Å²) in [6.45, 7) is 2.45.